The third-order valence-electron chi connectivity index (χ3n) is 4.24. The van der Waals surface area contributed by atoms with Gasteiger partial charge in [0.25, 0.3) is 0 Å². The fraction of sp³-hybridized carbons (Fsp3) is 0.0952. The van der Waals surface area contributed by atoms with Crippen molar-refractivity contribution in [3.63, 3.8) is 0 Å². The molecule has 2 aromatic heterocycles. The zero-order valence-corrected chi connectivity index (χ0v) is 17.8. The maximum Gasteiger partial charge on any atom is 0.234 e. The lowest BCUT2D eigenvalue weighted by molar-refractivity contribution is -0.113. The number of aromatic nitrogens is 3. The van der Waals surface area contributed by atoms with Gasteiger partial charge in [0, 0.05) is 6.07 Å². The number of rotatable bonds is 7. The molecule has 0 atom stereocenters. The van der Waals surface area contributed by atoms with Crippen LogP contribution >= 0.6 is 23.1 Å². The fourth-order valence-electron chi connectivity index (χ4n) is 2.87. The van der Waals surface area contributed by atoms with Crippen LogP contribution in [0.25, 0.3) is 16.4 Å². The molecule has 1 amide bonds. The van der Waals surface area contributed by atoms with Crippen molar-refractivity contribution in [1.29, 1.82) is 0 Å². The van der Waals surface area contributed by atoms with E-state index in [1.54, 1.807) is 7.11 Å². The molecule has 0 aliphatic heterocycles. The van der Waals surface area contributed by atoms with Crippen LogP contribution in [-0.4, -0.2) is 33.5 Å². The predicted molar refractivity (Wildman–Crippen MR) is 117 cm³/mol. The summed E-state index contributed by atoms with van der Waals surface area (Å²) in [6.45, 7) is 0. The number of anilines is 1. The second kappa shape index (κ2) is 9.27. The van der Waals surface area contributed by atoms with Crippen molar-refractivity contribution in [2.24, 2.45) is 0 Å². The summed E-state index contributed by atoms with van der Waals surface area (Å²) in [4.78, 5) is 13.3. The summed E-state index contributed by atoms with van der Waals surface area (Å²) in [6.07, 6.45) is 0. The van der Waals surface area contributed by atoms with E-state index < -0.39 is 17.5 Å². The van der Waals surface area contributed by atoms with E-state index >= 15 is 0 Å². The lowest BCUT2D eigenvalue weighted by atomic mass is 10.3. The van der Waals surface area contributed by atoms with E-state index in [4.69, 9.17) is 4.74 Å². The van der Waals surface area contributed by atoms with Crippen molar-refractivity contribution in [1.82, 2.24) is 14.8 Å². The van der Waals surface area contributed by atoms with Gasteiger partial charge in [0.05, 0.1) is 29.1 Å². The molecule has 0 saturated carbocycles. The molecule has 0 unspecified atom stereocenters. The maximum atomic E-state index is 13.8. The second-order valence-electron chi connectivity index (χ2n) is 6.25. The van der Waals surface area contributed by atoms with Crippen molar-refractivity contribution in [3.8, 4) is 22.1 Å². The van der Waals surface area contributed by atoms with Crippen molar-refractivity contribution in [2.45, 2.75) is 5.16 Å². The maximum absolute atomic E-state index is 13.8. The van der Waals surface area contributed by atoms with Gasteiger partial charge in [0.1, 0.15) is 17.4 Å². The number of nitrogens with one attached hydrogen (secondary N) is 1. The van der Waals surface area contributed by atoms with Crippen molar-refractivity contribution in [3.05, 3.63) is 71.6 Å². The number of amides is 1. The van der Waals surface area contributed by atoms with E-state index in [0.717, 1.165) is 40.5 Å². The molecule has 2 aromatic carbocycles. The third kappa shape index (κ3) is 4.59. The number of thiophene rings is 1. The van der Waals surface area contributed by atoms with Crippen molar-refractivity contribution < 1.29 is 18.3 Å². The number of nitrogens with zero attached hydrogens (tertiary/aromatic N) is 3. The molecular weight excluding hydrogens is 442 g/mol. The van der Waals surface area contributed by atoms with Crippen LogP contribution in [-0.2, 0) is 4.79 Å². The highest BCUT2D eigenvalue weighted by molar-refractivity contribution is 7.99. The molecule has 1 N–H and O–H groups in total. The number of carbonyl (C=O) groups is 1. The van der Waals surface area contributed by atoms with Crippen LogP contribution in [0.3, 0.4) is 0 Å². The number of para-hydroxylation sites is 2. The van der Waals surface area contributed by atoms with Gasteiger partial charge in [-0.3, -0.25) is 9.36 Å². The number of benzene rings is 2. The SMILES string of the molecule is COc1ccccc1-n1c(SCC(=O)Nc2cc(F)ccc2F)nnc1-c1cccs1. The van der Waals surface area contributed by atoms with Crippen LogP contribution in [0.2, 0.25) is 0 Å². The molecule has 0 aliphatic rings. The van der Waals surface area contributed by atoms with E-state index in [2.05, 4.69) is 15.5 Å². The Morgan fingerprint density at radius 3 is 2.77 bits per heavy atom. The molecular formula is C21H16F2N4O2S2. The van der Waals surface area contributed by atoms with Gasteiger partial charge >= 0.3 is 0 Å². The molecule has 0 bridgehead atoms. The number of hydrogen-bond acceptors (Lipinski definition) is 6. The van der Waals surface area contributed by atoms with Crippen LogP contribution in [0.4, 0.5) is 14.5 Å². The first kappa shape index (κ1) is 21.0. The molecule has 0 radical (unpaired) electrons. The summed E-state index contributed by atoms with van der Waals surface area (Å²) >= 11 is 2.64. The zero-order valence-electron chi connectivity index (χ0n) is 16.2. The highest BCUT2D eigenvalue weighted by Crippen LogP contribution is 2.34. The average Bonchev–Trinajstić information content (AvgIpc) is 3.44. The fourth-order valence-corrected chi connectivity index (χ4v) is 4.31. The predicted octanol–water partition coefficient (Wildman–Crippen LogP) is 5.01. The third-order valence-corrected chi connectivity index (χ3v) is 6.03. The normalized spacial score (nSPS) is 10.8. The van der Waals surface area contributed by atoms with Crippen LogP contribution in [0.5, 0.6) is 5.75 Å². The van der Waals surface area contributed by atoms with Crippen molar-refractivity contribution >= 4 is 34.7 Å². The minimum absolute atomic E-state index is 0.0757. The summed E-state index contributed by atoms with van der Waals surface area (Å²) in [5, 5.41) is 13.3. The molecule has 2 heterocycles. The first-order chi connectivity index (χ1) is 15.1. The smallest absolute Gasteiger partial charge is 0.234 e. The van der Waals surface area contributed by atoms with E-state index in [1.165, 1.54) is 11.3 Å². The lowest BCUT2D eigenvalue weighted by Gasteiger charge is -2.13. The minimum Gasteiger partial charge on any atom is -0.495 e. The van der Waals surface area contributed by atoms with Crippen LogP contribution in [0.1, 0.15) is 0 Å². The molecule has 0 fully saturated rings. The lowest BCUT2D eigenvalue weighted by Crippen LogP contribution is -2.15. The number of hydrogen-bond donors (Lipinski definition) is 1. The van der Waals surface area contributed by atoms with Crippen LogP contribution < -0.4 is 10.1 Å². The number of carbonyl (C=O) groups excluding carboxylic acids is 1. The van der Waals surface area contributed by atoms with E-state index in [9.17, 15) is 13.6 Å². The summed E-state index contributed by atoms with van der Waals surface area (Å²) < 4.78 is 34.4. The Bertz CT molecular complexity index is 1210. The molecule has 0 saturated heterocycles. The summed E-state index contributed by atoms with van der Waals surface area (Å²) in [6, 6.07) is 14.1. The number of methoxy groups -OCH3 is 1. The standard InChI is InChI=1S/C21H16F2N4O2S2/c1-29-17-6-3-2-5-16(17)27-20(18-7-4-10-30-18)25-26-21(27)31-12-19(28)24-15-11-13(22)8-9-14(15)23/h2-11H,12H2,1H3,(H,24,28). The molecule has 31 heavy (non-hydrogen) atoms. The van der Waals surface area contributed by atoms with E-state index in [1.807, 2.05) is 46.3 Å². The highest BCUT2D eigenvalue weighted by Gasteiger charge is 2.20. The zero-order chi connectivity index (χ0) is 21.8. The molecule has 0 aliphatic carbocycles. The summed E-state index contributed by atoms with van der Waals surface area (Å²) in [5.74, 6) is -0.695. The Morgan fingerprint density at radius 2 is 2.00 bits per heavy atom. The van der Waals surface area contributed by atoms with Gasteiger partial charge in [-0.1, -0.05) is 30.0 Å². The summed E-state index contributed by atoms with van der Waals surface area (Å²) in [7, 11) is 1.57. The Hall–Kier alpha value is -3.24. The second-order valence-corrected chi connectivity index (χ2v) is 8.14. The van der Waals surface area contributed by atoms with Crippen molar-refractivity contribution in [2.75, 3.05) is 18.2 Å². The molecule has 4 rings (SSSR count). The largest absolute Gasteiger partial charge is 0.495 e. The number of ether oxygens (including phenoxy) is 1. The Balaban J connectivity index is 1.61. The molecule has 4 aromatic rings. The number of thioether (sulfide) groups is 1. The molecule has 6 nitrogen and oxygen atoms in total. The average molecular weight is 459 g/mol. The Labute approximate surface area is 184 Å². The topological polar surface area (TPSA) is 69.0 Å². The molecule has 0 spiro atoms. The van der Waals surface area contributed by atoms with Gasteiger partial charge in [0.15, 0.2) is 11.0 Å². The monoisotopic (exact) mass is 458 g/mol. The highest BCUT2D eigenvalue weighted by atomic mass is 32.2. The molecule has 158 valence electrons. The van der Waals surface area contributed by atoms with Gasteiger partial charge in [-0.15, -0.1) is 21.5 Å². The Kier molecular flexibility index (Phi) is 6.28. The summed E-state index contributed by atoms with van der Waals surface area (Å²) in [5.41, 5.74) is 0.508. The van der Waals surface area contributed by atoms with E-state index in [-0.39, 0.29) is 11.4 Å². The van der Waals surface area contributed by atoms with E-state index in [0.29, 0.717) is 16.7 Å². The van der Waals surface area contributed by atoms with Gasteiger partial charge in [-0.05, 0) is 35.7 Å². The van der Waals surface area contributed by atoms with Gasteiger partial charge in [-0.25, -0.2) is 8.78 Å². The van der Waals surface area contributed by atoms with Gasteiger partial charge in [-0.2, -0.15) is 0 Å². The minimum atomic E-state index is -0.711. The van der Waals surface area contributed by atoms with Crippen LogP contribution in [0, 0.1) is 11.6 Å². The first-order valence-electron chi connectivity index (χ1n) is 9.07. The molecule has 10 heteroatoms. The Morgan fingerprint density at radius 1 is 1.16 bits per heavy atom. The quantitative estimate of drug-likeness (QED) is 0.394. The van der Waals surface area contributed by atoms with Gasteiger partial charge < -0.3 is 10.1 Å². The van der Waals surface area contributed by atoms with Gasteiger partial charge in [0.2, 0.25) is 5.91 Å². The first-order valence-corrected chi connectivity index (χ1v) is 10.9. The number of halogens is 2. The van der Waals surface area contributed by atoms with Crippen LogP contribution in [0.15, 0.2) is 65.1 Å².